The smallest absolute Gasteiger partial charge is 0.194 e. The van der Waals surface area contributed by atoms with Crippen LogP contribution in [0.15, 0.2) is 59.9 Å². The molecule has 1 fully saturated rings. The number of likely N-dealkylation sites (tertiary alicyclic amines) is 1. The Hall–Kier alpha value is -1.67. The van der Waals surface area contributed by atoms with Crippen LogP contribution in [0.3, 0.4) is 0 Å². The van der Waals surface area contributed by atoms with Crippen LogP contribution in [0.1, 0.15) is 37.0 Å². The van der Waals surface area contributed by atoms with Crippen molar-refractivity contribution < 1.29 is 5.11 Å². The topological polar surface area (TPSA) is 60.8 Å². The van der Waals surface area contributed by atoms with Gasteiger partial charge in [0.1, 0.15) is 0 Å². The molecule has 2 N–H and O–H groups in total. The van der Waals surface area contributed by atoms with E-state index in [0.717, 1.165) is 43.5 Å². The van der Waals surface area contributed by atoms with Crippen LogP contribution in [0.2, 0.25) is 0 Å². The van der Waals surface area contributed by atoms with E-state index in [1.165, 1.54) is 18.4 Å². The second-order valence-electron chi connectivity index (χ2n) is 7.11. The predicted octanol–water partition coefficient (Wildman–Crippen LogP) is 3.65. The van der Waals surface area contributed by atoms with Gasteiger partial charge in [-0.1, -0.05) is 30.3 Å². The molecule has 0 aliphatic carbocycles. The molecule has 0 saturated carbocycles. The average molecular weight is 494 g/mol. The van der Waals surface area contributed by atoms with Crippen molar-refractivity contribution >= 4 is 29.9 Å². The van der Waals surface area contributed by atoms with E-state index >= 15 is 0 Å². The van der Waals surface area contributed by atoms with Crippen LogP contribution in [0.25, 0.3) is 0 Å². The highest BCUT2D eigenvalue weighted by Gasteiger charge is 2.22. The Bertz CT molecular complexity index is 703. The molecule has 3 rings (SSSR count). The van der Waals surface area contributed by atoms with Crippen molar-refractivity contribution in [2.75, 3.05) is 26.2 Å². The van der Waals surface area contributed by atoms with Crippen molar-refractivity contribution in [1.82, 2.24) is 15.2 Å². The van der Waals surface area contributed by atoms with Crippen molar-refractivity contribution in [2.24, 2.45) is 10.9 Å². The fourth-order valence-corrected chi connectivity index (χ4v) is 3.59. The molecule has 0 spiro atoms. The standard InChI is InChI=1S/C22H30N4O.HI/c1-2-24-22(25-17-21(27)20-8-12-23-13-9-20)26-14-10-19(11-15-26)16-18-6-4-3-5-7-18;/h3-9,12-13,19,21,27H,2,10-11,14-17H2,1H3,(H,24,25);1H. The Morgan fingerprint density at radius 1 is 1.18 bits per heavy atom. The molecule has 152 valence electrons. The first kappa shape index (κ1) is 22.6. The zero-order valence-corrected chi connectivity index (χ0v) is 18.8. The normalized spacial score (nSPS) is 16.4. The Morgan fingerprint density at radius 3 is 2.50 bits per heavy atom. The summed E-state index contributed by atoms with van der Waals surface area (Å²) in [5.41, 5.74) is 2.28. The Labute approximate surface area is 185 Å². The van der Waals surface area contributed by atoms with E-state index in [0.29, 0.717) is 6.54 Å². The van der Waals surface area contributed by atoms with Gasteiger partial charge in [-0.05, 0) is 55.4 Å². The number of nitrogens with one attached hydrogen (secondary N) is 1. The van der Waals surface area contributed by atoms with Crippen LogP contribution < -0.4 is 5.32 Å². The number of nitrogens with zero attached hydrogens (tertiary/aromatic N) is 3. The quantitative estimate of drug-likeness (QED) is 0.366. The number of aliphatic imine (C=N–C) groups is 1. The first-order valence-electron chi connectivity index (χ1n) is 9.91. The summed E-state index contributed by atoms with van der Waals surface area (Å²) in [5.74, 6) is 1.64. The molecule has 0 bridgehead atoms. The summed E-state index contributed by atoms with van der Waals surface area (Å²) >= 11 is 0. The van der Waals surface area contributed by atoms with Crippen molar-refractivity contribution in [3.05, 3.63) is 66.0 Å². The molecule has 1 aromatic carbocycles. The van der Waals surface area contributed by atoms with Gasteiger partial charge in [-0.3, -0.25) is 9.98 Å². The van der Waals surface area contributed by atoms with Crippen LogP contribution in [-0.2, 0) is 6.42 Å². The lowest BCUT2D eigenvalue weighted by Crippen LogP contribution is -2.46. The number of aromatic nitrogens is 1. The molecule has 0 amide bonds. The minimum atomic E-state index is -0.600. The Balaban J connectivity index is 0.00000280. The number of benzene rings is 1. The van der Waals surface area contributed by atoms with E-state index in [9.17, 15) is 5.11 Å². The van der Waals surface area contributed by atoms with Crippen molar-refractivity contribution in [1.29, 1.82) is 0 Å². The van der Waals surface area contributed by atoms with Crippen molar-refractivity contribution in [3.8, 4) is 0 Å². The van der Waals surface area contributed by atoms with Crippen LogP contribution in [0.4, 0.5) is 0 Å². The fourth-order valence-electron chi connectivity index (χ4n) is 3.59. The maximum atomic E-state index is 10.4. The lowest BCUT2D eigenvalue weighted by molar-refractivity contribution is 0.185. The molecule has 6 heteroatoms. The summed E-state index contributed by atoms with van der Waals surface area (Å²) in [6.07, 6.45) is 6.30. The van der Waals surface area contributed by atoms with Crippen LogP contribution >= 0.6 is 24.0 Å². The maximum absolute atomic E-state index is 10.4. The highest BCUT2D eigenvalue weighted by atomic mass is 127. The molecule has 2 heterocycles. The fraction of sp³-hybridized carbons (Fsp3) is 0.455. The summed E-state index contributed by atoms with van der Waals surface area (Å²) in [6, 6.07) is 14.4. The lowest BCUT2D eigenvalue weighted by atomic mass is 9.90. The Kier molecular flexibility index (Phi) is 9.70. The summed E-state index contributed by atoms with van der Waals surface area (Å²) in [7, 11) is 0. The number of pyridine rings is 1. The molecule has 2 aromatic rings. The zero-order chi connectivity index (χ0) is 18.9. The molecule has 1 saturated heterocycles. The largest absolute Gasteiger partial charge is 0.386 e. The maximum Gasteiger partial charge on any atom is 0.194 e. The number of halogens is 1. The number of rotatable bonds is 6. The monoisotopic (exact) mass is 494 g/mol. The first-order valence-corrected chi connectivity index (χ1v) is 9.91. The van der Waals surface area contributed by atoms with Gasteiger partial charge in [0.25, 0.3) is 0 Å². The van der Waals surface area contributed by atoms with E-state index < -0.39 is 6.10 Å². The number of piperidine rings is 1. The molecule has 5 nitrogen and oxygen atoms in total. The number of hydrogen-bond donors (Lipinski definition) is 2. The molecule has 1 aromatic heterocycles. The van der Waals surface area contributed by atoms with Crippen LogP contribution in [0.5, 0.6) is 0 Å². The molecule has 0 radical (unpaired) electrons. The van der Waals surface area contributed by atoms with Gasteiger partial charge in [-0.15, -0.1) is 24.0 Å². The highest BCUT2D eigenvalue weighted by molar-refractivity contribution is 14.0. The van der Waals surface area contributed by atoms with Crippen LogP contribution in [0, 0.1) is 5.92 Å². The Morgan fingerprint density at radius 2 is 1.86 bits per heavy atom. The number of aliphatic hydroxyl groups is 1. The molecular formula is C22H31IN4O. The molecule has 1 atom stereocenters. The minimum absolute atomic E-state index is 0. The SMILES string of the molecule is CCNC(=NCC(O)c1ccncc1)N1CCC(Cc2ccccc2)CC1.I. The predicted molar refractivity (Wildman–Crippen MR) is 125 cm³/mol. The highest BCUT2D eigenvalue weighted by Crippen LogP contribution is 2.22. The van der Waals surface area contributed by atoms with Gasteiger partial charge in [-0.2, -0.15) is 0 Å². The zero-order valence-electron chi connectivity index (χ0n) is 16.5. The first-order chi connectivity index (χ1) is 13.3. The van der Waals surface area contributed by atoms with Gasteiger partial charge in [0.05, 0.1) is 12.6 Å². The van der Waals surface area contributed by atoms with Crippen molar-refractivity contribution in [2.45, 2.75) is 32.3 Å². The molecule has 28 heavy (non-hydrogen) atoms. The molecule has 1 unspecified atom stereocenters. The molecule has 1 aliphatic heterocycles. The molecule has 1 aliphatic rings. The summed E-state index contributed by atoms with van der Waals surface area (Å²) < 4.78 is 0. The van der Waals surface area contributed by atoms with Gasteiger partial charge in [0.15, 0.2) is 5.96 Å². The third-order valence-corrected chi connectivity index (χ3v) is 5.12. The minimum Gasteiger partial charge on any atom is -0.386 e. The van der Waals surface area contributed by atoms with Gasteiger partial charge in [0, 0.05) is 32.0 Å². The van der Waals surface area contributed by atoms with Crippen LogP contribution in [-0.4, -0.2) is 47.1 Å². The summed E-state index contributed by atoms with van der Waals surface area (Å²) in [6.45, 7) is 5.28. The number of hydrogen-bond acceptors (Lipinski definition) is 3. The number of guanidine groups is 1. The van der Waals surface area contributed by atoms with Crippen molar-refractivity contribution in [3.63, 3.8) is 0 Å². The van der Waals surface area contributed by atoms with Gasteiger partial charge >= 0.3 is 0 Å². The van der Waals surface area contributed by atoms with Gasteiger partial charge < -0.3 is 15.3 Å². The average Bonchev–Trinajstić information content (AvgIpc) is 2.73. The van der Waals surface area contributed by atoms with E-state index in [1.54, 1.807) is 12.4 Å². The lowest BCUT2D eigenvalue weighted by Gasteiger charge is -2.34. The van der Waals surface area contributed by atoms with Gasteiger partial charge in [0.2, 0.25) is 0 Å². The third-order valence-electron chi connectivity index (χ3n) is 5.12. The van der Waals surface area contributed by atoms with E-state index in [1.807, 2.05) is 12.1 Å². The molecular weight excluding hydrogens is 463 g/mol. The van der Waals surface area contributed by atoms with E-state index in [-0.39, 0.29) is 24.0 Å². The van der Waals surface area contributed by atoms with E-state index in [2.05, 4.69) is 57.4 Å². The second kappa shape index (κ2) is 12.0. The summed E-state index contributed by atoms with van der Waals surface area (Å²) in [5, 5.41) is 13.7. The third kappa shape index (κ3) is 6.74. The van der Waals surface area contributed by atoms with E-state index in [4.69, 9.17) is 0 Å². The second-order valence-corrected chi connectivity index (χ2v) is 7.11. The number of aliphatic hydroxyl groups excluding tert-OH is 1. The van der Waals surface area contributed by atoms with Gasteiger partial charge in [-0.25, -0.2) is 0 Å². The summed E-state index contributed by atoms with van der Waals surface area (Å²) in [4.78, 5) is 11.0.